The highest BCUT2D eigenvalue weighted by atomic mass is 31.3. The standard InChI is InChI=1S/C16H25F2N2O15P3/c1-8-7-20(15(23)19-13(8)21)10-6-9(32-11-4-2-3-5-31-11)12(33-10)14(22)34-38(29,30)35-37(27,28)16(17,18)36(24,25)26/h7,9-12,14,22H,2-6H2,1H3,(H,27,28)(H,29,30)(H,19,21,23)(H2,24,25,26)/t9-,10+,11?,12-,14?/m0/s1. The van der Waals surface area contributed by atoms with Gasteiger partial charge in [-0.05, 0) is 26.2 Å². The summed E-state index contributed by atoms with van der Waals surface area (Å²) in [5.41, 5.74) is -1.52. The SMILES string of the molecule is Cc1cn([C@H]2C[C@H](OC3CCCCO3)[C@@H](C(O)OP(=O)(O)OP(=O)(O)C(F)(F)P(=O)(O)O)O2)c(=O)[nH]c1=O. The molecule has 2 aliphatic rings. The van der Waals surface area contributed by atoms with E-state index in [-0.39, 0.29) is 12.0 Å². The second-order valence-corrected chi connectivity index (χ2v) is 13.8. The maximum absolute atomic E-state index is 13.7. The molecule has 3 rings (SSSR count). The number of alkyl halides is 2. The molecule has 0 saturated carbocycles. The Bertz CT molecular complexity index is 1280. The number of nitrogens with zero attached hydrogens (tertiary/aromatic N) is 1. The van der Waals surface area contributed by atoms with Crippen LogP contribution in [0.5, 0.6) is 0 Å². The van der Waals surface area contributed by atoms with Gasteiger partial charge in [0.15, 0.2) is 12.6 Å². The van der Waals surface area contributed by atoms with Gasteiger partial charge in [0.25, 0.3) is 5.56 Å². The highest BCUT2D eigenvalue weighted by molar-refractivity contribution is 7.75. The first-order valence-corrected chi connectivity index (χ1v) is 15.4. The molecular weight excluding hydrogens is 591 g/mol. The van der Waals surface area contributed by atoms with Crippen molar-refractivity contribution in [1.29, 1.82) is 0 Å². The average Bonchev–Trinajstić information content (AvgIpc) is 3.18. The van der Waals surface area contributed by atoms with E-state index in [0.29, 0.717) is 19.4 Å². The second kappa shape index (κ2) is 11.4. The molecule has 22 heteroatoms. The predicted molar refractivity (Wildman–Crippen MR) is 118 cm³/mol. The minimum Gasteiger partial charge on any atom is -0.365 e. The normalized spacial score (nSPS) is 28.9. The topological polar surface area (TPSA) is 253 Å². The fraction of sp³-hybridized carbons (Fsp3) is 0.750. The van der Waals surface area contributed by atoms with Crippen LogP contribution in [0.1, 0.15) is 37.5 Å². The van der Waals surface area contributed by atoms with Crippen molar-refractivity contribution in [2.24, 2.45) is 0 Å². The number of phosphoric acid groups is 1. The molecule has 3 heterocycles. The maximum Gasteiger partial charge on any atom is 0.482 e. The Morgan fingerprint density at radius 3 is 2.42 bits per heavy atom. The summed E-state index contributed by atoms with van der Waals surface area (Å²) in [6, 6.07) is 0. The van der Waals surface area contributed by atoms with Gasteiger partial charge in [0.1, 0.15) is 12.3 Å². The molecule has 0 bridgehead atoms. The number of nitrogens with one attached hydrogen (secondary N) is 1. The summed E-state index contributed by atoms with van der Waals surface area (Å²) < 4.78 is 87.5. The molecule has 1 aromatic heterocycles. The number of aliphatic hydroxyl groups is 1. The van der Waals surface area contributed by atoms with E-state index in [9.17, 15) is 47.0 Å². The van der Waals surface area contributed by atoms with Gasteiger partial charge in [-0.15, -0.1) is 0 Å². The van der Waals surface area contributed by atoms with Gasteiger partial charge in [-0.25, -0.2) is 13.7 Å². The van der Waals surface area contributed by atoms with E-state index in [1.165, 1.54) is 6.92 Å². The highest BCUT2D eigenvalue weighted by Gasteiger charge is 2.67. The van der Waals surface area contributed by atoms with Gasteiger partial charge >= 0.3 is 34.1 Å². The summed E-state index contributed by atoms with van der Waals surface area (Å²) in [7, 11) is -19.7. The maximum atomic E-state index is 13.7. The van der Waals surface area contributed by atoms with Crippen LogP contribution >= 0.6 is 23.0 Å². The highest BCUT2D eigenvalue weighted by Crippen LogP contribution is 2.77. The molecule has 0 radical (unpaired) electrons. The van der Waals surface area contributed by atoms with Crippen molar-refractivity contribution >= 4 is 23.0 Å². The minimum atomic E-state index is -6.86. The van der Waals surface area contributed by atoms with Gasteiger partial charge in [0, 0.05) is 24.8 Å². The molecule has 0 aromatic carbocycles. The zero-order valence-electron chi connectivity index (χ0n) is 19.4. The Kier molecular flexibility index (Phi) is 9.38. The smallest absolute Gasteiger partial charge is 0.365 e. The van der Waals surface area contributed by atoms with Crippen molar-refractivity contribution in [1.82, 2.24) is 9.55 Å². The number of ether oxygens (including phenoxy) is 3. The van der Waals surface area contributed by atoms with Crippen molar-refractivity contribution in [3.63, 3.8) is 0 Å². The number of aryl methyl sites for hydroxylation is 1. The quantitative estimate of drug-likeness (QED) is 0.154. The van der Waals surface area contributed by atoms with Crippen molar-refractivity contribution < 1.29 is 70.2 Å². The number of aromatic amines is 1. The number of H-pyrrole nitrogens is 1. The molecular formula is C16H25F2N2O15P3. The van der Waals surface area contributed by atoms with E-state index in [0.717, 1.165) is 17.2 Å². The van der Waals surface area contributed by atoms with E-state index < -0.39 is 70.7 Å². The number of aromatic nitrogens is 2. The van der Waals surface area contributed by atoms with E-state index in [4.69, 9.17) is 24.0 Å². The van der Waals surface area contributed by atoms with Gasteiger partial charge in [0.05, 0.1) is 6.10 Å². The van der Waals surface area contributed by atoms with Crippen LogP contribution in [0.15, 0.2) is 15.8 Å². The van der Waals surface area contributed by atoms with Crippen LogP contribution in [0.25, 0.3) is 0 Å². The monoisotopic (exact) mass is 616 g/mol. The fourth-order valence-corrected chi connectivity index (χ4v) is 7.31. The molecule has 6 N–H and O–H groups in total. The third-order valence-corrected chi connectivity index (χ3v) is 10.6. The number of aliphatic hydroxyl groups excluding tert-OH is 1. The molecule has 0 aliphatic carbocycles. The summed E-state index contributed by atoms with van der Waals surface area (Å²) in [6.45, 7) is 1.70. The van der Waals surface area contributed by atoms with E-state index in [1.807, 2.05) is 4.98 Å². The number of phosphoric ester groups is 1. The molecule has 38 heavy (non-hydrogen) atoms. The van der Waals surface area contributed by atoms with Crippen LogP contribution in [0.4, 0.5) is 8.78 Å². The van der Waals surface area contributed by atoms with Crippen LogP contribution in [-0.4, -0.2) is 71.0 Å². The first-order chi connectivity index (χ1) is 17.3. The van der Waals surface area contributed by atoms with Gasteiger partial charge in [-0.2, -0.15) is 8.78 Å². The van der Waals surface area contributed by atoms with Gasteiger partial charge in [-0.3, -0.25) is 28.0 Å². The lowest BCUT2D eigenvalue weighted by molar-refractivity contribution is -0.223. The summed E-state index contributed by atoms with van der Waals surface area (Å²) in [5, 5.41) is 4.64. The molecule has 2 fully saturated rings. The molecule has 2 aliphatic heterocycles. The molecule has 0 spiro atoms. The van der Waals surface area contributed by atoms with Crippen LogP contribution in [0.2, 0.25) is 0 Å². The molecule has 7 atom stereocenters. The lowest BCUT2D eigenvalue weighted by atomic mass is 10.1. The lowest BCUT2D eigenvalue weighted by Gasteiger charge is -2.30. The van der Waals surface area contributed by atoms with Crippen LogP contribution in [0, 0.1) is 6.92 Å². The minimum absolute atomic E-state index is 0.0967. The van der Waals surface area contributed by atoms with E-state index in [1.54, 1.807) is 0 Å². The van der Waals surface area contributed by atoms with Crippen LogP contribution < -0.4 is 11.2 Å². The number of hydrogen-bond donors (Lipinski definition) is 6. The zero-order chi connectivity index (χ0) is 28.7. The fourth-order valence-electron chi connectivity index (χ4n) is 3.60. The van der Waals surface area contributed by atoms with Crippen molar-refractivity contribution in [3.05, 3.63) is 32.6 Å². The average molecular weight is 616 g/mol. The van der Waals surface area contributed by atoms with E-state index >= 15 is 0 Å². The van der Waals surface area contributed by atoms with Crippen molar-refractivity contribution in [2.45, 2.75) is 69.0 Å². The third kappa shape index (κ3) is 6.93. The first kappa shape index (κ1) is 31.4. The van der Waals surface area contributed by atoms with Gasteiger partial charge < -0.3 is 38.9 Å². The molecule has 4 unspecified atom stereocenters. The zero-order valence-corrected chi connectivity index (χ0v) is 22.0. The summed E-state index contributed by atoms with van der Waals surface area (Å²) in [6.07, 6.45) is -5.01. The van der Waals surface area contributed by atoms with Crippen molar-refractivity contribution in [3.8, 4) is 0 Å². The molecule has 2 saturated heterocycles. The Morgan fingerprint density at radius 1 is 1.18 bits per heavy atom. The van der Waals surface area contributed by atoms with Crippen molar-refractivity contribution in [2.75, 3.05) is 6.61 Å². The second-order valence-electron chi connectivity index (χ2n) is 8.36. The van der Waals surface area contributed by atoms with Gasteiger partial charge in [0.2, 0.25) is 0 Å². The Balaban J connectivity index is 1.84. The Labute approximate surface area is 211 Å². The summed E-state index contributed by atoms with van der Waals surface area (Å²) in [5.74, 6) is 0. The Morgan fingerprint density at radius 2 is 1.84 bits per heavy atom. The third-order valence-electron chi connectivity index (χ3n) is 5.46. The van der Waals surface area contributed by atoms with Crippen LogP contribution in [-0.2, 0) is 36.7 Å². The van der Waals surface area contributed by atoms with Gasteiger partial charge in [-0.1, -0.05) is 0 Å². The first-order valence-electron chi connectivity index (χ1n) is 10.8. The van der Waals surface area contributed by atoms with E-state index in [2.05, 4.69) is 8.83 Å². The largest absolute Gasteiger partial charge is 0.482 e. The number of rotatable bonds is 10. The van der Waals surface area contributed by atoms with Crippen LogP contribution in [0.3, 0.4) is 0 Å². The number of hydrogen-bond acceptors (Lipinski definition) is 11. The Hall–Kier alpha value is -1.17. The molecule has 1 aromatic rings. The molecule has 17 nitrogen and oxygen atoms in total. The summed E-state index contributed by atoms with van der Waals surface area (Å²) >= 11 is 0. The predicted octanol–water partition coefficient (Wildman–Crippen LogP) is 0.410. The molecule has 218 valence electrons. The lowest BCUT2D eigenvalue weighted by Crippen LogP contribution is -2.40. The molecule has 0 amide bonds. The summed E-state index contributed by atoms with van der Waals surface area (Å²) in [4.78, 5) is 62.2. The number of halogens is 2.